The summed E-state index contributed by atoms with van der Waals surface area (Å²) in [6.45, 7) is 1.93. The van der Waals surface area contributed by atoms with E-state index in [2.05, 4.69) is 9.36 Å². The first-order chi connectivity index (χ1) is 5.27. The molecule has 56 valence electrons. The second-order valence-electron chi connectivity index (χ2n) is 2.34. The van der Waals surface area contributed by atoms with E-state index < -0.39 is 0 Å². The predicted molar refractivity (Wildman–Crippen MR) is 45.0 cm³/mol. The van der Waals surface area contributed by atoms with Gasteiger partial charge in [-0.05, 0) is 18.5 Å². The molecule has 2 rings (SSSR count). The number of aromatic nitrogens is 2. The van der Waals surface area contributed by atoms with Gasteiger partial charge in [0.25, 0.3) is 0 Å². The van der Waals surface area contributed by atoms with E-state index in [0.717, 1.165) is 15.8 Å². The van der Waals surface area contributed by atoms with Crippen molar-refractivity contribution >= 4 is 21.6 Å². The smallest absolute Gasteiger partial charge is 0.249 e. The number of aryl methyl sites for hydroxylation is 1. The van der Waals surface area contributed by atoms with E-state index in [1.54, 1.807) is 12.3 Å². The highest BCUT2D eigenvalue weighted by atomic mass is 32.1. The SMILES string of the molecule is Cc1nsc2cc(=O)[nH]cc12. The van der Waals surface area contributed by atoms with Crippen LogP contribution < -0.4 is 5.56 Å². The van der Waals surface area contributed by atoms with Crippen molar-refractivity contribution in [1.29, 1.82) is 0 Å². The zero-order valence-electron chi connectivity index (χ0n) is 5.92. The number of rotatable bonds is 0. The molecule has 1 N–H and O–H groups in total. The lowest BCUT2D eigenvalue weighted by molar-refractivity contribution is 1.26. The fourth-order valence-corrected chi connectivity index (χ4v) is 1.78. The summed E-state index contributed by atoms with van der Waals surface area (Å²) < 4.78 is 5.07. The summed E-state index contributed by atoms with van der Waals surface area (Å²) in [6, 6.07) is 1.57. The molecule has 0 spiro atoms. The largest absolute Gasteiger partial charge is 0.328 e. The molecule has 3 nitrogen and oxygen atoms in total. The molecule has 0 atom stereocenters. The monoisotopic (exact) mass is 166 g/mol. The van der Waals surface area contributed by atoms with Gasteiger partial charge in [-0.15, -0.1) is 0 Å². The quantitative estimate of drug-likeness (QED) is 0.641. The van der Waals surface area contributed by atoms with Crippen LogP contribution in [0.2, 0.25) is 0 Å². The van der Waals surface area contributed by atoms with Gasteiger partial charge < -0.3 is 4.98 Å². The van der Waals surface area contributed by atoms with Gasteiger partial charge in [-0.3, -0.25) is 4.79 Å². The van der Waals surface area contributed by atoms with Gasteiger partial charge in [-0.1, -0.05) is 0 Å². The molecule has 0 bridgehead atoms. The first-order valence-corrected chi connectivity index (χ1v) is 3.99. The van der Waals surface area contributed by atoms with Crippen LogP contribution in [0, 0.1) is 6.92 Å². The molecule has 0 aromatic carbocycles. The van der Waals surface area contributed by atoms with Crippen molar-refractivity contribution in [3.8, 4) is 0 Å². The molecule has 0 fully saturated rings. The Morgan fingerprint density at radius 3 is 3.27 bits per heavy atom. The van der Waals surface area contributed by atoms with E-state index in [1.165, 1.54) is 11.5 Å². The minimum absolute atomic E-state index is 0.0684. The summed E-state index contributed by atoms with van der Waals surface area (Å²) in [5.41, 5.74) is 0.905. The molecular weight excluding hydrogens is 160 g/mol. The maximum atomic E-state index is 10.8. The number of nitrogens with zero attached hydrogens (tertiary/aromatic N) is 1. The molecule has 4 heteroatoms. The molecule has 0 saturated carbocycles. The van der Waals surface area contributed by atoms with Crippen LogP contribution in [0.15, 0.2) is 17.1 Å². The molecule has 0 amide bonds. The highest BCUT2D eigenvalue weighted by molar-refractivity contribution is 7.13. The van der Waals surface area contributed by atoms with E-state index in [0.29, 0.717) is 0 Å². The van der Waals surface area contributed by atoms with Crippen LogP contribution in [0.3, 0.4) is 0 Å². The van der Waals surface area contributed by atoms with Crippen LogP contribution in [0.1, 0.15) is 5.69 Å². The Balaban J connectivity index is 2.96. The van der Waals surface area contributed by atoms with Crippen LogP contribution in [-0.4, -0.2) is 9.36 Å². The topological polar surface area (TPSA) is 45.8 Å². The average Bonchev–Trinajstić information content (AvgIpc) is 2.32. The zero-order chi connectivity index (χ0) is 7.84. The lowest BCUT2D eigenvalue weighted by Crippen LogP contribution is -2.00. The van der Waals surface area contributed by atoms with Crippen LogP contribution >= 0.6 is 11.5 Å². The van der Waals surface area contributed by atoms with Gasteiger partial charge in [0.15, 0.2) is 0 Å². The van der Waals surface area contributed by atoms with Crippen molar-refractivity contribution in [3.05, 3.63) is 28.3 Å². The molecule has 2 heterocycles. The van der Waals surface area contributed by atoms with Crippen molar-refractivity contribution in [1.82, 2.24) is 9.36 Å². The molecule has 0 aliphatic heterocycles. The highest BCUT2D eigenvalue weighted by Gasteiger charge is 2.00. The maximum absolute atomic E-state index is 10.8. The third-order valence-electron chi connectivity index (χ3n) is 1.56. The van der Waals surface area contributed by atoms with Gasteiger partial charge >= 0.3 is 0 Å². The summed E-state index contributed by atoms with van der Waals surface area (Å²) in [5, 5.41) is 1.04. The van der Waals surface area contributed by atoms with E-state index in [1.807, 2.05) is 6.92 Å². The fourth-order valence-electron chi connectivity index (χ4n) is 0.978. The second kappa shape index (κ2) is 2.17. The predicted octanol–water partition coefficient (Wildman–Crippen LogP) is 1.29. The summed E-state index contributed by atoms with van der Waals surface area (Å²) in [6.07, 6.45) is 1.70. The number of nitrogens with one attached hydrogen (secondary N) is 1. The van der Waals surface area contributed by atoms with Gasteiger partial charge in [-0.25, -0.2) is 0 Å². The summed E-state index contributed by atoms with van der Waals surface area (Å²) in [4.78, 5) is 13.4. The number of hydrogen-bond donors (Lipinski definition) is 1. The number of H-pyrrole nitrogens is 1. The first-order valence-electron chi connectivity index (χ1n) is 3.22. The molecule has 11 heavy (non-hydrogen) atoms. The van der Waals surface area contributed by atoms with Crippen LogP contribution in [0.25, 0.3) is 10.1 Å². The summed E-state index contributed by atoms with van der Waals surface area (Å²) in [7, 11) is 0. The van der Waals surface area contributed by atoms with Crippen molar-refractivity contribution in [2.24, 2.45) is 0 Å². The normalized spacial score (nSPS) is 10.6. The van der Waals surface area contributed by atoms with E-state index in [4.69, 9.17) is 0 Å². The molecule has 0 saturated heterocycles. The lowest BCUT2D eigenvalue weighted by atomic mass is 10.3. The summed E-state index contributed by atoms with van der Waals surface area (Å²) >= 11 is 1.36. The Morgan fingerprint density at radius 1 is 1.64 bits per heavy atom. The molecule has 0 unspecified atom stereocenters. The van der Waals surface area contributed by atoms with Gasteiger partial charge in [0.2, 0.25) is 5.56 Å². The Bertz CT molecular complexity index is 443. The van der Waals surface area contributed by atoms with Crippen LogP contribution in [0.4, 0.5) is 0 Å². The summed E-state index contributed by atoms with van der Waals surface area (Å²) in [5.74, 6) is 0. The standard InChI is InChI=1S/C7H6N2OS/c1-4-5-3-8-7(10)2-6(5)11-9-4/h2-3H,1H3,(H,8,10). The molecule has 2 aromatic heterocycles. The van der Waals surface area contributed by atoms with E-state index >= 15 is 0 Å². The van der Waals surface area contributed by atoms with Crippen LogP contribution in [-0.2, 0) is 0 Å². The first kappa shape index (κ1) is 6.54. The van der Waals surface area contributed by atoms with E-state index in [-0.39, 0.29) is 5.56 Å². The van der Waals surface area contributed by atoms with E-state index in [9.17, 15) is 4.79 Å². The molecule has 0 aliphatic rings. The molecule has 0 aliphatic carbocycles. The Labute approximate surface area is 66.9 Å². The van der Waals surface area contributed by atoms with Gasteiger partial charge in [0, 0.05) is 17.6 Å². The maximum Gasteiger partial charge on any atom is 0.249 e. The second-order valence-corrected chi connectivity index (χ2v) is 3.15. The molecule has 2 aromatic rings. The Kier molecular flexibility index (Phi) is 1.29. The Hall–Kier alpha value is -1.16. The highest BCUT2D eigenvalue weighted by Crippen LogP contribution is 2.18. The number of aromatic amines is 1. The average molecular weight is 166 g/mol. The minimum Gasteiger partial charge on any atom is -0.328 e. The van der Waals surface area contributed by atoms with Gasteiger partial charge in [-0.2, -0.15) is 4.37 Å². The third kappa shape index (κ3) is 0.952. The van der Waals surface area contributed by atoms with Crippen molar-refractivity contribution in [2.45, 2.75) is 6.92 Å². The fraction of sp³-hybridized carbons (Fsp3) is 0.143. The minimum atomic E-state index is -0.0684. The van der Waals surface area contributed by atoms with Crippen molar-refractivity contribution < 1.29 is 0 Å². The van der Waals surface area contributed by atoms with Crippen molar-refractivity contribution in [2.75, 3.05) is 0 Å². The van der Waals surface area contributed by atoms with Crippen molar-refractivity contribution in [3.63, 3.8) is 0 Å². The number of pyridine rings is 1. The van der Waals surface area contributed by atoms with Gasteiger partial charge in [0.1, 0.15) is 0 Å². The molecule has 0 radical (unpaired) electrons. The zero-order valence-corrected chi connectivity index (χ0v) is 6.73. The van der Waals surface area contributed by atoms with Gasteiger partial charge in [0.05, 0.1) is 10.4 Å². The third-order valence-corrected chi connectivity index (χ3v) is 2.46. The lowest BCUT2D eigenvalue weighted by Gasteiger charge is -1.85. The van der Waals surface area contributed by atoms with Crippen LogP contribution in [0.5, 0.6) is 0 Å². The number of fused-ring (bicyclic) bond motifs is 1. The molecular formula is C7H6N2OS. The number of hydrogen-bond acceptors (Lipinski definition) is 3. The Morgan fingerprint density at radius 2 is 2.45 bits per heavy atom.